The van der Waals surface area contributed by atoms with Gasteiger partial charge in [-0.25, -0.2) is 15.0 Å². The number of likely N-dealkylation sites (N-methyl/N-ethyl adjacent to an activating group) is 1. The number of hydrogen-bond donors (Lipinski definition) is 2. The molecule has 4 heterocycles. The van der Waals surface area contributed by atoms with Crippen molar-refractivity contribution in [3.05, 3.63) is 54.6 Å². The van der Waals surface area contributed by atoms with E-state index in [9.17, 15) is 4.79 Å². The molecule has 0 spiro atoms. The van der Waals surface area contributed by atoms with E-state index in [0.717, 1.165) is 29.2 Å². The number of benzene rings is 1. The summed E-state index contributed by atoms with van der Waals surface area (Å²) in [7, 11) is 1.98. The maximum absolute atomic E-state index is 12.7. The molecule has 2 N–H and O–H groups in total. The van der Waals surface area contributed by atoms with Crippen LogP contribution in [0.2, 0.25) is 0 Å². The molecule has 1 aromatic carbocycles. The van der Waals surface area contributed by atoms with Crippen molar-refractivity contribution in [1.29, 1.82) is 0 Å². The molecule has 0 saturated heterocycles. The van der Waals surface area contributed by atoms with E-state index in [0.29, 0.717) is 29.3 Å². The number of pyridine rings is 1. The molecule has 4 aromatic rings. The van der Waals surface area contributed by atoms with Crippen molar-refractivity contribution in [2.45, 2.75) is 0 Å². The van der Waals surface area contributed by atoms with Gasteiger partial charge in [-0.3, -0.25) is 9.78 Å². The maximum atomic E-state index is 12.7. The quantitative estimate of drug-likeness (QED) is 0.556. The van der Waals surface area contributed by atoms with Gasteiger partial charge in [0.05, 0.1) is 23.8 Å². The third kappa shape index (κ3) is 3.12. The van der Waals surface area contributed by atoms with E-state index >= 15 is 0 Å². The molecule has 29 heavy (non-hydrogen) atoms. The van der Waals surface area contributed by atoms with E-state index in [-0.39, 0.29) is 5.91 Å². The Bertz CT molecular complexity index is 1210. The fourth-order valence-corrected chi connectivity index (χ4v) is 3.26. The average molecular weight is 387 g/mol. The van der Waals surface area contributed by atoms with Gasteiger partial charge in [0.15, 0.2) is 17.4 Å². The maximum Gasteiger partial charge on any atom is 0.259 e. The van der Waals surface area contributed by atoms with Crippen molar-refractivity contribution in [3.63, 3.8) is 0 Å². The van der Waals surface area contributed by atoms with Crippen LogP contribution in [0.25, 0.3) is 22.4 Å². The van der Waals surface area contributed by atoms with Crippen molar-refractivity contribution in [2.24, 2.45) is 0 Å². The summed E-state index contributed by atoms with van der Waals surface area (Å²) < 4.78 is 5.74. The number of fused-ring (bicyclic) bond motifs is 2. The summed E-state index contributed by atoms with van der Waals surface area (Å²) in [6, 6.07) is 7.32. The molecule has 0 radical (unpaired) electrons. The Kier molecular flexibility index (Phi) is 4.05. The second kappa shape index (κ2) is 6.86. The Morgan fingerprint density at radius 3 is 3.03 bits per heavy atom. The Hall–Kier alpha value is -4.01. The van der Waals surface area contributed by atoms with Crippen LogP contribution in [0.15, 0.2) is 49.1 Å². The van der Waals surface area contributed by atoms with Crippen molar-refractivity contribution in [2.75, 3.05) is 30.4 Å². The number of rotatable bonds is 3. The van der Waals surface area contributed by atoms with E-state index in [2.05, 4.69) is 35.1 Å². The van der Waals surface area contributed by atoms with Crippen LogP contribution in [0.4, 0.5) is 11.6 Å². The van der Waals surface area contributed by atoms with Gasteiger partial charge in [0.1, 0.15) is 17.9 Å². The number of aromatic amines is 1. The first-order valence-corrected chi connectivity index (χ1v) is 9.09. The van der Waals surface area contributed by atoms with E-state index < -0.39 is 0 Å². The molecule has 5 rings (SSSR count). The first-order valence-electron chi connectivity index (χ1n) is 9.09. The minimum absolute atomic E-state index is 0.303. The Labute approximate surface area is 165 Å². The molecule has 0 unspecified atom stereocenters. The monoisotopic (exact) mass is 387 g/mol. The third-order valence-corrected chi connectivity index (χ3v) is 4.71. The van der Waals surface area contributed by atoms with E-state index in [1.807, 2.05) is 19.2 Å². The van der Waals surface area contributed by atoms with E-state index in [4.69, 9.17) is 4.74 Å². The number of ether oxygens (including phenoxy) is 1. The van der Waals surface area contributed by atoms with Gasteiger partial charge in [-0.1, -0.05) is 6.07 Å². The first-order chi connectivity index (χ1) is 14.2. The topological polar surface area (TPSA) is 109 Å². The van der Waals surface area contributed by atoms with E-state index in [1.54, 1.807) is 24.5 Å². The molecular weight excluding hydrogens is 370 g/mol. The molecule has 144 valence electrons. The lowest BCUT2D eigenvalue weighted by atomic mass is 10.1. The van der Waals surface area contributed by atoms with Crippen LogP contribution in [-0.4, -0.2) is 51.0 Å². The molecular formula is C20H17N7O2. The highest BCUT2D eigenvalue weighted by molar-refractivity contribution is 6.11. The van der Waals surface area contributed by atoms with Crippen LogP contribution in [0.1, 0.15) is 10.4 Å². The van der Waals surface area contributed by atoms with Gasteiger partial charge in [-0.15, -0.1) is 0 Å². The number of amides is 1. The molecule has 0 atom stereocenters. The lowest BCUT2D eigenvalue weighted by Crippen LogP contribution is -2.29. The fraction of sp³-hybridized carbons (Fsp3) is 0.150. The number of nitrogens with one attached hydrogen (secondary N) is 2. The Morgan fingerprint density at radius 1 is 1.24 bits per heavy atom. The lowest BCUT2D eigenvalue weighted by Gasteiger charge is -2.26. The molecule has 1 aliphatic heterocycles. The van der Waals surface area contributed by atoms with Gasteiger partial charge < -0.3 is 19.9 Å². The second-order valence-electron chi connectivity index (χ2n) is 6.65. The predicted molar refractivity (Wildman–Crippen MR) is 108 cm³/mol. The summed E-state index contributed by atoms with van der Waals surface area (Å²) in [6.07, 6.45) is 6.31. The summed E-state index contributed by atoms with van der Waals surface area (Å²) in [5, 5.41) is 2.74. The highest BCUT2D eigenvalue weighted by Gasteiger charge is 2.19. The largest absolute Gasteiger partial charge is 0.488 e. The zero-order valence-electron chi connectivity index (χ0n) is 15.6. The third-order valence-electron chi connectivity index (χ3n) is 4.71. The second-order valence-corrected chi connectivity index (χ2v) is 6.65. The number of anilines is 2. The molecule has 0 bridgehead atoms. The van der Waals surface area contributed by atoms with Crippen LogP contribution in [0, 0.1) is 0 Å². The van der Waals surface area contributed by atoms with Crippen molar-refractivity contribution in [1.82, 2.24) is 24.9 Å². The number of carbonyl (C=O) groups excluding carboxylic acids is 1. The SMILES string of the molecule is CN1CCOc2cc(-c3nc4c(C(=O)Nc5cnccn5)cccc4[nH]3)cnc21. The molecule has 0 saturated carbocycles. The summed E-state index contributed by atoms with van der Waals surface area (Å²) in [5.41, 5.74) is 2.55. The molecule has 9 nitrogen and oxygen atoms in total. The van der Waals surface area contributed by atoms with Gasteiger partial charge in [0.25, 0.3) is 5.91 Å². The Balaban J connectivity index is 1.51. The summed E-state index contributed by atoms with van der Waals surface area (Å²) in [5.74, 6) is 2.22. The van der Waals surface area contributed by atoms with Crippen molar-refractivity contribution in [3.8, 4) is 17.1 Å². The lowest BCUT2D eigenvalue weighted by molar-refractivity contribution is 0.102. The fourth-order valence-electron chi connectivity index (χ4n) is 3.26. The van der Waals surface area contributed by atoms with Crippen LogP contribution in [-0.2, 0) is 0 Å². The highest BCUT2D eigenvalue weighted by atomic mass is 16.5. The normalized spacial score (nSPS) is 13.1. The van der Waals surface area contributed by atoms with Crippen LogP contribution >= 0.6 is 0 Å². The molecule has 0 aliphatic carbocycles. The van der Waals surface area contributed by atoms with Crippen molar-refractivity contribution < 1.29 is 9.53 Å². The minimum Gasteiger partial charge on any atom is -0.488 e. The Morgan fingerprint density at radius 2 is 2.17 bits per heavy atom. The van der Waals surface area contributed by atoms with Crippen molar-refractivity contribution >= 4 is 28.6 Å². The number of hydrogen-bond acceptors (Lipinski definition) is 7. The van der Waals surface area contributed by atoms with Crippen LogP contribution in [0.5, 0.6) is 5.75 Å². The van der Waals surface area contributed by atoms with Gasteiger partial charge in [0, 0.05) is 31.2 Å². The highest BCUT2D eigenvalue weighted by Crippen LogP contribution is 2.32. The minimum atomic E-state index is -0.303. The van der Waals surface area contributed by atoms with Gasteiger partial charge in [0.2, 0.25) is 0 Å². The smallest absolute Gasteiger partial charge is 0.259 e. The molecule has 3 aromatic heterocycles. The molecule has 1 amide bonds. The standard InChI is InChI=1S/C20H17N7O2/c1-27-7-8-29-15-9-12(10-23-19(15)27)18-24-14-4-2-3-13(17(14)26-18)20(28)25-16-11-21-5-6-22-16/h2-6,9-11H,7-8H2,1H3,(H,24,26)(H,22,25,28). The average Bonchev–Trinajstić information content (AvgIpc) is 3.19. The first kappa shape index (κ1) is 17.1. The summed E-state index contributed by atoms with van der Waals surface area (Å²) in [6.45, 7) is 1.41. The summed E-state index contributed by atoms with van der Waals surface area (Å²) in [4.78, 5) is 35.2. The number of nitrogens with zero attached hydrogens (tertiary/aromatic N) is 5. The predicted octanol–water partition coefficient (Wildman–Crippen LogP) is 2.50. The number of H-pyrrole nitrogens is 1. The van der Waals surface area contributed by atoms with Crippen LogP contribution in [0.3, 0.4) is 0 Å². The molecule has 0 fully saturated rings. The van der Waals surface area contributed by atoms with Gasteiger partial charge in [-0.05, 0) is 18.2 Å². The number of imidazole rings is 1. The zero-order valence-corrected chi connectivity index (χ0v) is 15.6. The summed E-state index contributed by atoms with van der Waals surface area (Å²) >= 11 is 0. The number of aromatic nitrogens is 5. The number of para-hydroxylation sites is 1. The van der Waals surface area contributed by atoms with Gasteiger partial charge >= 0.3 is 0 Å². The molecule has 1 aliphatic rings. The zero-order chi connectivity index (χ0) is 19.8. The number of carbonyl (C=O) groups is 1. The van der Waals surface area contributed by atoms with Crippen LogP contribution < -0.4 is 15.0 Å². The van der Waals surface area contributed by atoms with E-state index in [1.165, 1.54) is 12.4 Å². The molecule has 9 heteroatoms. The van der Waals surface area contributed by atoms with Gasteiger partial charge in [-0.2, -0.15) is 0 Å².